The SMILES string of the molecule is COc1ccc(COC(=O)[C@@]2(C)CCCC[C@H]2C(=O)N2CCc3c(Cl)ccc(OCc4nnn(C)c4COCCNC(=O)CNC(=O)C[C@@H]4N=C(c5ccc(Cl)cc5)c5c(sc(C)c5C)-n5c(C)nnc54)c3C23C[C@H]3N2CC3(CC3)CC2=O)c(OC)c1. The lowest BCUT2D eigenvalue weighted by Gasteiger charge is -2.46. The fourth-order valence-electron chi connectivity index (χ4n) is 13.5. The monoisotopic (exact) mass is 1240 g/mol. The summed E-state index contributed by atoms with van der Waals surface area (Å²) in [5, 5.41) is 25.3. The van der Waals surface area contributed by atoms with Gasteiger partial charge in [0.2, 0.25) is 23.6 Å². The summed E-state index contributed by atoms with van der Waals surface area (Å²) in [7, 11) is 4.88. The van der Waals surface area contributed by atoms with E-state index in [2.05, 4.69) is 45.0 Å². The van der Waals surface area contributed by atoms with Crippen LogP contribution in [0, 0.1) is 37.5 Å². The van der Waals surface area contributed by atoms with E-state index in [1.807, 2.05) is 64.6 Å². The summed E-state index contributed by atoms with van der Waals surface area (Å²) < 4.78 is 33.5. The highest BCUT2D eigenvalue weighted by Gasteiger charge is 2.70. The number of aromatic nitrogens is 6. The predicted molar refractivity (Wildman–Crippen MR) is 323 cm³/mol. The average Bonchev–Trinajstić information content (AvgIpc) is 1.52. The molecule has 0 radical (unpaired) electrons. The topological polar surface area (TPSA) is 236 Å². The molecule has 3 aliphatic carbocycles. The molecule has 21 nitrogen and oxygen atoms in total. The largest absolute Gasteiger partial charge is 0.497 e. The fourth-order valence-corrected chi connectivity index (χ4v) is 15.1. The number of likely N-dealkylation sites (tertiary alicyclic amines) is 1. The fraction of sp³-hybridized carbons (Fsp3) is 0.492. The molecule has 3 aliphatic heterocycles. The van der Waals surface area contributed by atoms with Gasteiger partial charge < -0.3 is 44.1 Å². The number of halogens is 2. The van der Waals surface area contributed by atoms with Crippen molar-refractivity contribution >= 4 is 69.8 Å². The van der Waals surface area contributed by atoms with Gasteiger partial charge in [0.15, 0.2) is 5.82 Å². The van der Waals surface area contributed by atoms with Crippen molar-refractivity contribution in [1.82, 2.24) is 50.2 Å². The minimum absolute atomic E-state index is 0.0101. The lowest BCUT2D eigenvalue weighted by Crippen LogP contribution is -2.56. The van der Waals surface area contributed by atoms with Crippen LogP contribution in [0.4, 0.5) is 0 Å². The summed E-state index contributed by atoms with van der Waals surface area (Å²) >= 11 is 15.0. The van der Waals surface area contributed by atoms with Gasteiger partial charge in [0, 0.05) is 82.8 Å². The van der Waals surface area contributed by atoms with E-state index in [1.165, 1.54) is 0 Å². The number of hydrogen-bond acceptors (Lipinski definition) is 16. The molecule has 1 saturated heterocycles. The van der Waals surface area contributed by atoms with Crippen LogP contribution in [-0.2, 0) is 72.3 Å². The number of benzene rings is 3. The number of ether oxygens (including phenoxy) is 5. The molecule has 4 amide bonds. The maximum absolute atomic E-state index is 15.7. The van der Waals surface area contributed by atoms with Crippen molar-refractivity contribution in [2.24, 2.45) is 28.8 Å². The maximum atomic E-state index is 15.7. The first-order chi connectivity index (χ1) is 41.9. The number of amides is 4. The van der Waals surface area contributed by atoms with E-state index in [1.54, 1.807) is 55.5 Å². The zero-order chi connectivity index (χ0) is 61.1. The molecule has 87 heavy (non-hydrogen) atoms. The number of thiophene rings is 1. The van der Waals surface area contributed by atoms with Gasteiger partial charge in [-0.15, -0.1) is 26.6 Å². The Morgan fingerprint density at radius 3 is 2.45 bits per heavy atom. The molecule has 4 fully saturated rings. The number of carbonyl (C=O) groups excluding carboxylic acids is 5. The van der Waals surface area contributed by atoms with E-state index in [0.29, 0.717) is 101 Å². The predicted octanol–water partition coefficient (Wildman–Crippen LogP) is 8.32. The lowest BCUT2D eigenvalue weighted by molar-refractivity contribution is -0.169. The van der Waals surface area contributed by atoms with E-state index in [-0.39, 0.29) is 75.1 Å². The first-order valence-electron chi connectivity index (χ1n) is 29.7. The van der Waals surface area contributed by atoms with Gasteiger partial charge in [0.1, 0.15) is 53.0 Å². The van der Waals surface area contributed by atoms with E-state index in [0.717, 1.165) is 69.1 Å². The summed E-state index contributed by atoms with van der Waals surface area (Å²) in [5.41, 5.74) is 4.94. The first kappa shape index (κ1) is 59.9. The van der Waals surface area contributed by atoms with E-state index in [4.69, 9.17) is 51.9 Å². The van der Waals surface area contributed by atoms with E-state index in [9.17, 15) is 19.2 Å². The van der Waals surface area contributed by atoms with Crippen LogP contribution in [0.15, 0.2) is 59.6 Å². The molecular formula is C63H71Cl2N11O10S. The molecule has 2 spiro atoms. The zero-order valence-electron chi connectivity index (χ0n) is 49.9. The normalized spacial score (nSPS) is 22.2. The van der Waals surface area contributed by atoms with Crippen LogP contribution in [0.1, 0.15) is 132 Å². The van der Waals surface area contributed by atoms with Crippen molar-refractivity contribution in [1.29, 1.82) is 0 Å². The summed E-state index contributed by atoms with van der Waals surface area (Å²) in [6, 6.07) is 15.4. The van der Waals surface area contributed by atoms with Crippen molar-refractivity contribution in [2.45, 2.75) is 129 Å². The van der Waals surface area contributed by atoms with Crippen LogP contribution in [0.5, 0.6) is 17.2 Å². The van der Waals surface area contributed by atoms with Gasteiger partial charge in [-0.3, -0.25) is 33.5 Å². The van der Waals surface area contributed by atoms with Crippen molar-refractivity contribution in [3.05, 3.63) is 126 Å². The lowest BCUT2D eigenvalue weighted by atomic mass is 9.66. The molecule has 12 rings (SSSR count). The van der Waals surface area contributed by atoms with Crippen molar-refractivity contribution in [3.63, 3.8) is 0 Å². The Morgan fingerprint density at radius 2 is 1.69 bits per heavy atom. The number of rotatable bonds is 20. The number of esters is 1. The molecule has 6 aliphatic rings. The van der Waals surface area contributed by atoms with Crippen LogP contribution in [0.2, 0.25) is 10.0 Å². The molecule has 0 bridgehead atoms. The molecule has 6 aromatic rings. The first-order valence-corrected chi connectivity index (χ1v) is 31.2. The van der Waals surface area contributed by atoms with Gasteiger partial charge in [-0.25, -0.2) is 4.68 Å². The van der Waals surface area contributed by atoms with Gasteiger partial charge in [0.25, 0.3) is 0 Å². The molecule has 3 aromatic carbocycles. The summed E-state index contributed by atoms with van der Waals surface area (Å²) in [6.07, 6.45) is 5.84. The number of fused-ring (bicyclic) bond motifs is 5. The Morgan fingerprint density at radius 1 is 0.885 bits per heavy atom. The van der Waals surface area contributed by atoms with Gasteiger partial charge in [-0.2, -0.15) is 0 Å². The molecule has 1 unspecified atom stereocenters. The third kappa shape index (κ3) is 11.2. The average molecular weight is 1250 g/mol. The second kappa shape index (κ2) is 23.9. The van der Waals surface area contributed by atoms with Crippen molar-refractivity contribution in [2.75, 3.05) is 47.0 Å². The highest BCUT2D eigenvalue weighted by atomic mass is 35.5. The number of carbonyl (C=O) groups is 5. The Balaban J connectivity index is 0.697. The number of aliphatic imine (C=N–C) groups is 1. The quantitative estimate of drug-likeness (QED) is 0.0540. The highest BCUT2D eigenvalue weighted by molar-refractivity contribution is 7.15. The highest BCUT2D eigenvalue weighted by Crippen LogP contribution is 2.64. The molecule has 24 heteroatoms. The van der Waals surface area contributed by atoms with Crippen LogP contribution in [0.3, 0.4) is 0 Å². The molecule has 458 valence electrons. The standard InChI is InChI=1S/C63H71Cl2N11O10S/c1-35-36(2)87-59-54(35)56(38-11-14-40(64)15-12-38)68-45(57-71-69-37(3)76(57)59)27-51(77)67-30-52(78)66-23-25-84-33-47-46(70-72-73(47)5)32-85-48-18-17-44(65)42-19-24-75(63(55(42)48)28-50(63)74-34-62(21-22-62)29-53(74)79)58(80)43-10-8-9-20-61(43,4)60(81)86-31-39-13-16-41(82-6)26-49(39)83-7/h11-18,26,43,45,50H,8-10,19-25,27-34H2,1-7H3,(H,66,78)(H,67,77)/t43-,45-,50+,61-,63?/m0/s1. The molecule has 3 aromatic heterocycles. The Hall–Kier alpha value is -7.40. The number of nitrogens with one attached hydrogen (secondary N) is 2. The smallest absolute Gasteiger partial charge is 0.312 e. The second-order valence-electron chi connectivity index (χ2n) is 24.1. The van der Waals surface area contributed by atoms with Gasteiger partial charge >= 0.3 is 5.97 Å². The Kier molecular flexibility index (Phi) is 16.5. The number of nitrogens with zero attached hydrogens (tertiary/aromatic N) is 9. The van der Waals surface area contributed by atoms with Gasteiger partial charge in [0.05, 0.1) is 74.7 Å². The molecule has 6 heterocycles. The molecule has 5 atom stereocenters. The van der Waals surface area contributed by atoms with Crippen molar-refractivity contribution < 1.29 is 47.7 Å². The number of aryl methyl sites for hydroxylation is 3. The maximum Gasteiger partial charge on any atom is 0.312 e. The van der Waals surface area contributed by atoms with E-state index >= 15 is 4.79 Å². The summed E-state index contributed by atoms with van der Waals surface area (Å²) in [6.45, 7) is 8.90. The molecule has 3 saturated carbocycles. The number of methoxy groups -OCH3 is 2. The van der Waals surface area contributed by atoms with Crippen LogP contribution in [0.25, 0.3) is 5.00 Å². The summed E-state index contributed by atoms with van der Waals surface area (Å²) in [5.74, 6) is 0.873. The van der Waals surface area contributed by atoms with Crippen LogP contribution >= 0.6 is 34.5 Å². The van der Waals surface area contributed by atoms with Crippen molar-refractivity contribution in [3.8, 4) is 22.2 Å². The van der Waals surface area contributed by atoms with Crippen LogP contribution < -0.4 is 24.8 Å². The molecule has 2 N–H and O–H groups in total. The number of hydrogen-bond donors (Lipinski definition) is 2. The van der Waals surface area contributed by atoms with Gasteiger partial charge in [-0.05, 0) is 113 Å². The third-order valence-corrected chi connectivity index (χ3v) is 20.6. The van der Waals surface area contributed by atoms with E-state index < -0.39 is 34.8 Å². The third-order valence-electron chi connectivity index (χ3n) is 18.8. The minimum Gasteiger partial charge on any atom is -0.497 e. The minimum atomic E-state index is -1.13. The van der Waals surface area contributed by atoms with Crippen LogP contribution in [-0.4, -0.2) is 128 Å². The summed E-state index contributed by atoms with van der Waals surface area (Å²) in [4.78, 5) is 81.1. The zero-order valence-corrected chi connectivity index (χ0v) is 52.3. The van der Waals surface area contributed by atoms with Gasteiger partial charge in [-0.1, -0.05) is 53.4 Å². The Labute approximate surface area is 518 Å². The Bertz CT molecular complexity index is 3750. The second-order valence-corrected chi connectivity index (χ2v) is 26.2. The molecular weight excluding hydrogens is 1170 g/mol.